The number of aromatic nitrogens is 1. The van der Waals surface area contributed by atoms with Crippen LogP contribution in [0.1, 0.15) is 48.6 Å². The fraction of sp³-hybridized carbons (Fsp3) is 0.444. The number of nitrogens with one attached hydrogen (secondary N) is 1. The molecule has 0 saturated heterocycles. The van der Waals surface area contributed by atoms with Gasteiger partial charge in [-0.3, -0.25) is 4.79 Å². The SMILES string of the molecule is CCC[C@]1(CC(=O)O)OCCc2c1[nH]c1c(C)c(O)cc(C#N)c21. The number of fused-ring (bicyclic) bond motifs is 3. The highest BCUT2D eigenvalue weighted by atomic mass is 16.5. The summed E-state index contributed by atoms with van der Waals surface area (Å²) in [6.07, 6.45) is 1.83. The lowest BCUT2D eigenvalue weighted by atomic mass is 9.84. The number of H-pyrrole nitrogens is 1. The summed E-state index contributed by atoms with van der Waals surface area (Å²) in [6, 6.07) is 3.61. The second-order valence-electron chi connectivity index (χ2n) is 6.32. The zero-order valence-electron chi connectivity index (χ0n) is 13.8. The maximum absolute atomic E-state index is 11.4. The van der Waals surface area contributed by atoms with Crippen LogP contribution in [-0.4, -0.2) is 27.8 Å². The molecule has 1 aliphatic rings. The van der Waals surface area contributed by atoms with Crippen molar-refractivity contribution in [3.63, 3.8) is 0 Å². The second-order valence-corrected chi connectivity index (χ2v) is 6.32. The molecule has 3 rings (SSSR count). The number of benzene rings is 1. The molecular formula is C18H20N2O4. The molecule has 0 spiro atoms. The van der Waals surface area contributed by atoms with Crippen molar-refractivity contribution in [2.45, 2.75) is 45.1 Å². The van der Waals surface area contributed by atoms with E-state index in [1.54, 1.807) is 6.92 Å². The van der Waals surface area contributed by atoms with E-state index in [4.69, 9.17) is 4.74 Å². The smallest absolute Gasteiger partial charge is 0.306 e. The lowest BCUT2D eigenvalue weighted by Gasteiger charge is -2.36. The van der Waals surface area contributed by atoms with Crippen LogP contribution >= 0.6 is 0 Å². The Kier molecular flexibility index (Phi) is 3.98. The molecule has 24 heavy (non-hydrogen) atoms. The van der Waals surface area contributed by atoms with Gasteiger partial charge in [-0.25, -0.2) is 0 Å². The summed E-state index contributed by atoms with van der Waals surface area (Å²) in [6.45, 7) is 4.18. The summed E-state index contributed by atoms with van der Waals surface area (Å²) in [5.74, 6) is -0.868. The molecule has 0 aliphatic carbocycles. The highest BCUT2D eigenvalue weighted by molar-refractivity contribution is 5.94. The first-order valence-corrected chi connectivity index (χ1v) is 8.07. The lowest BCUT2D eigenvalue weighted by molar-refractivity contribution is -0.149. The molecule has 6 heteroatoms. The van der Waals surface area contributed by atoms with E-state index >= 15 is 0 Å². The number of carboxylic acid groups (broad SMARTS) is 1. The molecule has 0 bridgehead atoms. The van der Waals surface area contributed by atoms with Gasteiger partial charge in [-0.05, 0) is 31.4 Å². The van der Waals surface area contributed by atoms with Gasteiger partial charge in [0.15, 0.2) is 0 Å². The van der Waals surface area contributed by atoms with Gasteiger partial charge in [-0.1, -0.05) is 13.3 Å². The molecule has 126 valence electrons. The monoisotopic (exact) mass is 328 g/mol. The first-order chi connectivity index (χ1) is 11.4. The number of carboxylic acids is 1. The summed E-state index contributed by atoms with van der Waals surface area (Å²) in [7, 11) is 0. The summed E-state index contributed by atoms with van der Waals surface area (Å²) in [5.41, 5.74) is 2.49. The molecule has 1 aromatic heterocycles. The first-order valence-electron chi connectivity index (χ1n) is 8.07. The summed E-state index contributed by atoms with van der Waals surface area (Å²) in [4.78, 5) is 14.7. The third-order valence-electron chi connectivity index (χ3n) is 4.81. The quantitative estimate of drug-likeness (QED) is 0.799. The molecule has 2 heterocycles. The van der Waals surface area contributed by atoms with Gasteiger partial charge in [0, 0.05) is 10.9 Å². The average Bonchev–Trinajstić information content (AvgIpc) is 2.92. The van der Waals surface area contributed by atoms with Crippen molar-refractivity contribution in [2.24, 2.45) is 0 Å². The van der Waals surface area contributed by atoms with E-state index < -0.39 is 11.6 Å². The molecule has 0 amide bonds. The number of rotatable bonds is 4. The molecule has 1 aromatic carbocycles. The molecule has 1 atom stereocenters. The highest BCUT2D eigenvalue weighted by Gasteiger charge is 2.42. The van der Waals surface area contributed by atoms with Crippen molar-refractivity contribution < 1.29 is 19.7 Å². The van der Waals surface area contributed by atoms with Crippen molar-refractivity contribution in [1.29, 1.82) is 5.26 Å². The van der Waals surface area contributed by atoms with E-state index in [0.717, 1.165) is 23.1 Å². The van der Waals surface area contributed by atoms with Crippen molar-refractivity contribution in [1.82, 2.24) is 4.98 Å². The van der Waals surface area contributed by atoms with Gasteiger partial charge in [0.2, 0.25) is 0 Å². The van der Waals surface area contributed by atoms with Crippen LogP contribution in [0.25, 0.3) is 10.9 Å². The maximum atomic E-state index is 11.4. The van der Waals surface area contributed by atoms with Crippen LogP contribution in [0.2, 0.25) is 0 Å². The van der Waals surface area contributed by atoms with Gasteiger partial charge in [0.25, 0.3) is 0 Å². The Labute approximate surface area is 139 Å². The summed E-state index contributed by atoms with van der Waals surface area (Å²) >= 11 is 0. The number of carbonyl (C=O) groups is 1. The standard InChI is InChI=1S/C18H20N2O4/c1-3-5-18(8-14(22)23)17-12(4-6-24-18)15-11(9-19)7-13(21)10(2)16(15)20-17/h7,20-21H,3-6,8H2,1-2H3,(H,22,23)/t18-/m1/s1. The molecule has 0 saturated carbocycles. The number of hydrogen-bond acceptors (Lipinski definition) is 4. The number of ether oxygens (including phenoxy) is 1. The number of aromatic hydroxyl groups is 1. The van der Waals surface area contributed by atoms with Crippen LogP contribution < -0.4 is 0 Å². The summed E-state index contributed by atoms with van der Waals surface area (Å²) < 4.78 is 5.96. The van der Waals surface area contributed by atoms with Crippen LogP contribution in [-0.2, 0) is 21.6 Å². The number of aromatic amines is 1. The maximum Gasteiger partial charge on any atom is 0.306 e. The zero-order valence-corrected chi connectivity index (χ0v) is 13.8. The third kappa shape index (κ3) is 2.33. The zero-order chi connectivity index (χ0) is 17.5. The van der Waals surface area contributed by atoms with Crippen LogP contribution in [0, 0.1) is 18.3 Å². The predicted molar refractivity (Wildman–Crippen MR) is 87.9 cm³/mol. The number of phenols is 1. The molecule has 3 N–H and O–H groups in total. The minimum Gasteiger partial charge on any atom is -0.508 e. The number of hydrogen-bond donors (Lipinski definition) is 3. The minimum atomic E-state index is -0.921. The number of aliphatic carboxylic acids is 1. The fourth-order valence-corrected chi connectivity index (χ4v) is 3.78. The van der Waals surface area contributed by atoms with E-state index in [-0.39, 0.29) is 12.2 Å². The van der Waals surface area contributed by atoms with Crippen molar-refractivity contribution in [3.05, 3.63) is 28.5 Å². The Morgan fingerprint density at radius 3 is 2.92 bits per heavy atom. The van der Waals surface area contributed by atoms with Crippen molar-refractivity contribution >= 4 is 16.9 Å². The molecule has 0 radical (unpaired) electrons. The molecule has 6 nitrogen and oxygen atoms in total. The average molecular weight is 328 g/mol. The Morgan fingerprint density at radius 2 is 2.29 bits per heavy atom. The van der Waals surface area contributed by atoms with Gasteiger partial charge in [0.05, 0.1) is 35.9 Å². The second kappa shape index (κ2) is 5.84. The van der Waals surface area contributed by atoms with Crippen molar-refractivity contribution in [3.8, 4) is 11.8 Å². The van der Waals surface area contributed by atoms with E-state index in [1.165, 1.54) is 6.07 Å². The molecule has 1 aliphatic heterocycles. The largest absolute Gasteiger partial charge is 0.508 e. The van der Waals surface area contributed by atoms with Crippen LogP contribution in [0.5, 0.6) is 5.75 Å². The Balaban J connectivity index is 2.34. The predicted octanol–water partition coefficient (Wildman–Crippen LogP) is 3.10. The van der Waals surface area contributed by atoms with Gasteiger partial charge < -0.3 is 19.9 Å². The Hall–Kier alpha value is -2.52. The highest BCUT2D eigenvalue weighted by Crippen LogP contribution is 2.44. The molecule has 0 unspecified atom stereocenters. The van der Waals surface area contributed by atoms with Crippen LogP contribution in [0.15, 0.2) is 6.07 Å². The molecule has 2 aromatic rings. The minimum absolute atomic E-state index is 0.0536. The first kappa shape index (κ1) is 16.3. The molecular weight excluding hydrogens is 308 g/mol. The van der Waals surface area contributed by atoms with E-state index in [0.29, 0.717) is 36.1 Å². The number of aryl methyl sites for hydroxylation is 1. The van der Waals surface area contributed by atoms with Gasteiger partial charge in [-0.15, -0.1) is 0 Å². The lowest BCUT2D eigenvalue weighted by Crippen LogP contribution is -2.37. The number of phenolic OH excluding ortho intramolecular Hbond substituents is 1. The van der Waals surface area contributed by atoms with E-state index in [9.17, 15) is 20.3 Å². The normalized spacial score (nSPS) is 19.9. The fourth-order valence-electron chi connectivity index (χ4n) is 3.78. The Bertz CT molecular complexity index is 862. The molecule has 0 fully saturated rings. The Morgan fingerprint density at radius 1 is 1.54 bits per heavy atom. The van der Waals surface area contributed by atoms with Crippen molar-refractivity contribution in [2.75, 3.05) is 6.61 Å². The van der Waals surface area contributed by atoms with Crippen LogP contribution in [0.4, 0.5) is 0 Å². The number of nitrogens with zero attached hydrogens (tertiary/aromatic N) is 1. The third-order valence-corrected chi connectivity index (χ3v) is 4.81. The summed E-state index contributed by atoms with van der Waals surface area (Å²) in [5, 5.41) is 29.7. The van der Waals surface area contributed by atoms with Gasteiger partial charge >= 0.3 is 5.97 Å². The van der Waals surface area contributed by atoms with E-state index in [1.807, 2.05) is 6.92 Å². The van der Waals surface area contributed by atoms with Crippen LogP contribution in [0.3, 0.4) is 0 Å². The van der Waals surface area contributed by atoms with Gasteiger partial charge in [0.1, 0.15) is 11.4 Å². The number of nitriles is 1. The van der Waals surface area contributed by atoms with E-state index in [2.05, 4.69) is 11.1 Å². The topological polar surface area (TPSA) is 106 Å². The van der Waals surface area contributed by atoms with Gasteiger partial charge in [-0.2, -0.15) is 5.26 Å².